The smallest absolute Gasteiger partial charge is 0.0625 e. The van der Waals surface area contributed by atoms with Gasteiger partial charge in [-0.3, -0.25) is 4.68 Å². The Kier molecular flexibility index (Phi) is 5.49. The number of nitrogens with zero attached hydrogens (tertiary/aromatic N) is 3. The van der Waals surface area contributed by atoms with Crippen LogP contribution in [0.3, 0.4) is 0 Å². The fourth-order valence-corrected chi connectivity index (χ4v) is 1.85. The first-order valence-electron chi connectivity index (χ1n) is 5.87. The average Bonchev–Trinajstić information content (AvgIpc) is 2.57. The highest BCUT2D eigenvalue weighted by Gasteiger charge is 2.07. The number of rotatable bonds is 6. The molecule has 0 spiro atoms. The van der Waals surface area contributed by atoms with E-state index in [9.17, 15) is 0 Å². The molecule has 0 fully saturated rings. The maximum absolute atomic E-state index is 4.46. The molecule has 0 aliphatic rings. The van der Waals surface area contributed by atoms with E-state index >= 15 is 0 Å². The molecule has 3 nitrogen and oxygen atoms in total. The fourth-order valence-electron chi connectivity index (χ4n) is 1.65. The third-order valence-electron chi connectivity index (χ3n) is 2.73. The molecule has 1 rings (SSSR count). The van der Waals surface area contributed by atoms with Crippen LogP contribution in [0.2, 0.25) is 0 Å². The summed E-state index contributed by atoms with van der Waals surface area (Å²) in [6.45, 7) is 6.41. The van der Waals surface area contributed by atoms with E-state index in [0.29, 0.717) is 4.83 Å². The van der Waals surface area contributed by atoms with Crippen LogP contribution in [0.1, 0.15) is 31.7 Å². The first-order valence-corrected chi connectivity index (χ1v) is 6.79. The fraction of sp³-hybridized carbons (Fsp3) is 0.750. The van der Waals surface area contributed by atoms with Gasteiger partial charge in [-0.1, -0.05) is 29.8 Å². The highest BCUT2D eigenvalue weighted by Crippen LogP contribution is 2.09. The number of hydrogen-bond acceptors (Lipinski definition) is 2. The van der Waals surface area contributed by atoms with E-state index in [-0.39, 0.29) is 0 Å². The topological polar surface area (TPSA) is 21.1 Å². The summed E-state index contributed by atoms with van der Waals surface area (Å²) in [5.41, 5.74) is 2.47. The van der Waals surface area contributed by atoms with E-state index in [2.05, 4.69) is 52.9 Å². The van der Waals surface area contributed by atoms with Crippen molar-refractivity contribution < 1.29 is 0 Å². The largest absolute Gasteiger partial charge is 0.301 e. The van der Waals surface area contributed by atoms with Crippen LogP contribution in [-0.2, 0) is 20.0 Å². The van der Waals surface area contributed by atoms with Crippen LogP contribution in [0.5, 0.6) is 0 Å². The molecule has 4 heteroatoms. The minimum absolute atomic E-state index is 0.590. The molecular weight excluding hydrogens is 266 g/mol. The normalized spacial score (nSPS) is 13.4. The van der Waals surface area contributed by atoms with E-state index in [1.54, 1.807) is 0 Å². The summed E-state index contributed by atoms with van der Waals surface area (Å²) in [5.74, 6) is 0. The average molecular weight is 288 g/mol. The first-order chi connectivity index (χ1) is 7.52. The highest BCUT2D eigenvalue weighted by molar-refractivity contribution is 9.09. The van der Waals surface area contributed by atoms with Gasteiger partial charge in [0, 0.05) is 18.4 Å². The molecule has 0 amide bonds. The van der Waals surface area contributed by atoms with Gasteiger partial charge in [0.05, 0.1) is 11.4 Å². The Hall–Kier alpha value is -0.350. The van der Waals surface area contributed by atoms with Crippen molar-refractivity contribution in [3.8, 4) is 0 Å². The molecule has 16 heavy (non-hydrogen) atoms. The van der Waals surface area contributed by atoms with Crippen molar-refractivity contribution in [1.29, 1.82) is 0 Å². The van der Waals surface area contributed by atoms with Crippen LogP contribution in [0.15, 0.2) is 6.07 Å². The Bertz CT molecular complexity index is 320. The Morgan fingerprint density at radius 1 is 1.56 bits per heavy atom. The third kappa shape index (κ3) is 4.26. The molecule has 1 atom stereocenters. The van der Waals surface area contributed by atoms with Gasteiger partial charge in [-0.05, 0) is 32.5 Å². The van der Waals surface area contributed by atoms with Crippen molar-refractivity contribution in [1.82, 2.24) is 14.7 Å². The molecule has 1 aromatic rings. The van der Waals surface area contributed by atoms with Crippen LogP contribution < -0.4 is 0 Å². The third-order valence-corrected chi connectivity index (χ3v) is 3.19. The molecule has 0 saturated heterocycles. The lowest BCUT2D eigenvalue weighted by atomic mass is 10.3. The van der Waals surface area contributed by atoms with Gasteiger partial charge in [0.25, 0.3) is 0 Å². The first kappa shape index (κ1) is 13.7. The Balaban J connectivity index is 2.48. The summed E-state index contributed by atoms with van der Waals surface area (Å²) < 4.78 is 1.99. The molecule has 0 radical (unpaired) electrons. The van der Waals surface area contributed by atoms with Gasteiger partial charge in [-0.2, -0.15) is 5.10 Å². The molecule has 1 aromatic heterocycles. The van der Waals surface area contributed by atoms with Gasteiger partial charge in [0.15, 0.2) is 0 Å². The summed E-state index contributed by atoms with van der Waals surface area (Å²) in [6, 6.07) is 2.20. The van der Waals surface area contributed by atoms with E-state index in [4.69, 9.17) is 0 Å². The number of aromatic nitrogens is 2. The van der Waals surface area contributed by atoms with Crippen molar-refractivity contribution >= 4 is 15.9 Å². The lowest BCUT2D eigenvalue weighted by molar-refractivity contribution is 0.313. The van der Waals surface area contributed by atoms with Crippen LogP contribution in [0.25, 0.3) is 0 Å². The number of alkyl halides is 1. The Morgan fingerprint density at radius 2 is 2.25 bits per heavy atom. The summed E-state index contributed by atoms with van der Waals surface area (Å²) in [4.78, 5) is 2.93. The van der Waals surface area contributed by atoms with Crippen LogP contribution in [-0.4, -0.2) is 33.1 Å². The van der Waals surface area contributed by atoms with E-state index in [1.807, 2.05) is 11.7 Å². The zero-order valence-corrected chi connectivity index (χ0v) is 12.3. The van der Waals surface area contributed by atoms with E-state index < -0.39 is 0 Å². The highest BCUT2D eigenvalue weighted by atomic mass is 79.9. The summed E-state index contributed by atoms with van der Waals surface area (Å²) in [5, 5.41) is 4.46. The van der Waals surface area contributed by atoms with Gasteiger partial charge in [-0.25, -0.2) is 0 Å². The molecule has 0 aliphatic carbocycles. The van der Waals surface area contributed by atoms with Crippen molar-refractivity contribution in [3.05, 3.63) is 17.5 Å². The maximum Gasteiger partial charge on any atom is 0.0625 e. The SMILES string of the molecule is CCc1cc(CN(C)CCC(C)Br)n(C)n1. The summed E-state index contributed by atoms with van der Waals surface area (Å²) in [6.07, 6.45) is 2.19. The molecule has 1 heterocycles. The molecule has 1 unspecified atom stereocenters. The molecule has 0 saturated carbocycles. The molecular formula is C12H22BrN3. The standard InChI is InChI=1S/C12H22BrN3/c1-5-11-8-12(16(4)14-11)9-15(3)7-6-10(2)13/h8,10H,5-7,9H2,1-4H3. The van der Waals surface area contributed by atoms with Crippen molar-refractivity contribution in [2.75, 3.05) is 13.6 Å². The number of hydrogen-bond donors (Lipinski definition) is 0. The van der Waals surface area contributed by atoms with Crippen LogP contribution in [0.4, 0.5) is 0 Å². The predicted molar refractivity (Wildman–Crippen MR) is 71.9 cm³/mol. The van der Waals surface area contributed by atoms with Crippen molar-refractivity contribution in [2.45, 2.75) is 38.1 Å². The minimum atomic E-state index is 0.590. The molecule has 0 bridgehead atoms. The zero-order chi connectivity index (χ0) is 12.1. The second-order valence-electron chi connectivity index (χ2n) is 4.41. The zero-order valence-electron chi connectivity index (χ0n) is 10.7. The summed E-state index contributed by atoms with van der Waals surface area (Å²) >= 11 is 3.57. The monoisotopic (exact) mass is 287 g/mol. The number of halogens is 1. The van der Waals surface area contributed by atoms with E-state index in [0.717, 1.165) is 19.5 Å². The van der Waals surface area contributed by atoms with Crippen LogP contribution >= 0.6 is 15.9 Å². The van der Waals surface area contributed by atoms with Crippen molar-refractivity contribution in [2.24, 2.45) is 7.05 Å². The van der Waals surface area contributed by atoms with Gasteiger partial charge in [0.1, 0.15) is 0 Å². The second-order valence-corrected chi connectivity index (χ2v) is 5.97. The maximum atomic E-state index is 4.46. The molecule has 0 aromatic carbocycles. The molecule has 0 aliphatic heterocycles. The summed E-state index contributed by atoms with van der Waals surface area (Å²) in [7, 11) is 4.18. The molecule has 0 N–H and O–H groups in total. The Labute approximate surface area is 107 Å². The van der Waals surface area contributed by atoms with Gasteiger partial charge in [0.2, 0.25) is 0 Å². The minimum Gasteiger partial charge on any atom is -0.301 e. The molecule has 92 valence electrons. The quantitative estimate of drug-likeness (QED) is 0.750. The van der Waals surface area contributed by atoms with Gasteiger partial charge >= 0.3 is 0 Å². The van der Waals surface area contributed by atoms with Crippen LogP contribution in [0, 0.1) is 0 Å². The van der Waals surface area contributed by atoms with E-state index in [1.165, 1.54) is 17.8 Å². The number of aryl methyl sites for hydroxylation is 2. The predicted octanol–water partition coefficient (Wildman–Crippen LogP) is 2.59. The van der Waals surface area contributed by atoms with Gasteiger partial charge in [-0.15, -0.1) is 0 Å². The Morgan fingerprint density at radius 3 is 2.75 bits per heavy atom. The van der Waals surface area contributed by atoms with Gasteiger partial charge < -0.3 is 4.90 Å². The van der Waals surface area contributed by atoms with Crippen molar-refractivity contribution in [3.63, 3.8) is 0 Å². The lowest BCUT2D eigenvalue weighted by Crippen LogP contribution is -2.22. The second kappa shape index (κ2) is 6.40. The lowest BCUT2D eigenvalue weighted by Gasteiger charge is -2.17.